The van der Waals surface area contributed by atoms with E-state index in [2.05, 4.69) is 32.1 Å². The molecule has 0 spiro atoms. The molecule has 0 bridgehead atoms. The second kappa shape index (κ2) is 9.51. The lowest BCUT2D eigenvalue weighted by Crippen LogP contribution is -2.49. The van der Waals surface area contributed by atoms with Gasteiger partial charge < -0.3 is 4.74 Å². The number of aryl methyl sites for hydroxylation is 1. The van der Waals surface area contributed by atoms with Crippen molar-refractivity contribution in [1.82, 2.24) is 16.2 Å². The third-order valence-corrected chi connectivity index (χ3v) is 4.18. The molecule has 136 valence electrons. The van der Waals surface area contributed by atoms with Gasteiger partial charge in [-0.05, 0) is 49.0 Å². The van der Waals surface area contributed by atoms with Crippen molar-refractivity contribution in [3.63, 3.8) is 0 Å². The van der Waals surface area contributed by atoms with E-state index in [9.17, 15) is 9.59 Å². The molecule has 2 aromatic carbocycles. The number of thiocarbonyl (C=S) groups is 1. The minimum absolute atomic E-state index is 0.0340. The molecule has 0 saturated carbocycles. The molecule has 0 aliphatic rings. The number of hydrogen-bond donors (Lipinski definition) is 3. The van der Waals surface area contributed by atoms with Crippen molar-refractivity contribution in [2.75, 3.05) is 6.61 Å². The number of carbonyl (C=O) groups is 2. The highest BCUT2D eigenvalue weighted by Gasteiger charge is 2.11. The highest BCUT2D eigenvalue weighted by Crippen LogP contribution is 2.27. The van der Waals surface area contributed by atoms with Gasteiger partial charge in [0.1, 0.15) is 5.75 Å². The van der Waals surface area contributed by atoms with E-state index in [4.69, 9.17) is 28.6 Å². The number of ether oxygens (including phenoxy) is 1. The van der Waals surface area contributed by atoms with Crippen molar-refractivity contribution in [2.24, 2.45) is 0 Å². The van der Waals surface area contributed by atoms with Crippen LogP contribution in [0.5, 0.6) is 5.75 Å². The Morgan fingerprint density at radius 3 is 2.62 bits per heavy atom. The van der Waals surface area contributed by atoms with E-state index in [1.807, 2.05) is 19.1 Å². The van der Waals surface area contributed by atoms with E-state index in [1.165, 1.54) is 0 Å². The van der Waals surface area contributed by atoms with Crippen LogP contribution in [0.4, 0.5) is 0 Å². The Hall–Kier alpha value is -2.16. The molecule has 2 amide bonds. The number of halogens is 2. The Morgan fingerprint density at radius 2 is 1.92 bits per heavy atom. The lowest BCUT2D eigenvalue weighted by molar-refractivity contribution is -0.123. The molecule has 6 nitrogen and oxygen atoms in total. The summed E-state index contributed by atoms with van der Waals surface area (Å²) < 4.78 is 6.12. The lowest BCUT2D eigenvalue weighted by Gasteiger charge is -2.12. The van der Waals surface area contributed by atoms with Gasteiger partial charge in [0.05, 0.1) is 5.02 Å². The summed E-state index contributed by atoms with van der Waals surface area (Å²) in [7, 11) is 0. The summed E-state index contributed by atoms with van der Waals surface area (Å²) in [5, 5.41) is 2.82. The molecular weight excluding hydrogens is 442 g/mol. The van der Waals surface area contributed by atoms with Gasteiger partial charge in [0.15, 0.2) is 11.7 Å². The lowest BCUT2D eigenvalue weighted by atomic mass is 10.1. The zero-order valence-electron chi connectivity index (χ0n) is 13.6. The van der Waals surface area contributed by atoms with Gasteiger partial charge in [0.2, 0.25) is 0 Å². The van der Waals surface area contributed by atoms with Gasteiger partial charge in [0, 0.05) is 10.0 Å². The zero-order chi connectivity index (χ0) is 19.1. The molecule has 0 aliphatic carbocycles. The maximum atomic E-state index is 12.1. The van der Waals surface area contributed by atoms with Crippen LogP contribution in [0, 0.1) is 6.92 Å². The van der Waals surface area contributed by atoms with Gasteiger partial charge in [-0.25, -0.2) is 0 Å². The van der Waals surface area contributed by atoms with E-state index in [-0.39, 0.29) is 17.6 Å². The van der Waals surface area contributed by atoms with Crippen LogP contribution in [0.1, 0.15) is 15.9 Å². The molecule has 0 radical (unpaired) electrons. The fourth-order valence-electron chi connectivity index (χ4n) is 1.93. The first kappa shape index (κ1) is 20.2. The second-order valence-corrected chi connectivity index (χ2v) is 6.87. The van der Waals surface area contributed by atoms with Gasteiger partial charge in [-0.3, -0.25) is 25.8 Å². The van der Waals surface area contributed by atoms with Gasteiger partial charge in [-0.1, -0.05) is 45.7 Å². The quantitative estimate of drug-likeness (QED) is 0.487. The SMILES string of the molecule is Cc1ccccc1C(=O)NC(=S)NNC(=O)COc1ccc(Br)cc1Cl. The van der Waals surface area contributed by atoms with Gasteiger partial charge in [-0.2, -0.15) is 0 Å². The molecule has 0 unspecified atom stereocenters. The van der Waals surface area contributed by atoms with Crippen molar-refractivity contribution in [3.8, 4) is 5.75 Å². The van der Waals surface area contributed by atoms with Gasteiger partial charge >= 0.3 is 0 Å². The summed E-state index contributed by atoms with van der Waals surface area (Å²) >= 11 is 14.3. The number of hydrogen-bond acceptors (Lipinski definition) is 4. The van der Waals surface area contributed by atoms with Gasteiger partial charge in [-0.15, -0.1) is 0 Å². The van der Waals surface area contributed by atoms with Crippen LogP contribution in [0.25, 0.3) is 0 Å². The number of carbonyl (C=O) groups excluding carboxylic acids is 2. The molecule has 0 heterocycles. The van der Waals surface area contributed by atoms with Crippen LogP contribution in [-0.2, 0) is 4.79 Å². The summed E-state index contributed by atoms with van der Waals surface area (Å²) in [6.07, 6.45) is 0. The molecule has 2 rings (SSSR count). The molecule has 0 aliphatic heterocycles. The summed E-state index contributed by atoms with van der Waals surface area (Å²) in [6, 6.07) is 12.1. The van der Waals surface area contributed by atoms with E-state index in [0.717, 1.165) is 10.0 Å². The Kier molecular flexibility index (Phi) is 7.38. The first-order valence-corrected chi connectivity index (χ1v) is 8.98. The van der Waals surface area contributed by atoms with Crippen molar-refractivity contribution >= 4 is 56.7 Å². The van der Waals surface area contributed by atoms with E-state index >= 15 is 0 Å². The minimum atomic E-state index is -0.489. The maximum Gasteiger partial charge on any atom is 0.276 e. The monoisotopic (exact) mass is 455 g/mol. The topological polar surface area (TPSA) is 79.5 Å². The number of hydrazine groups is 1. The molecule has 26 heavy (non-hydrogen) atoms. The summed E-state index contributed by atoms with van der Waals surface area (Å²) in [5.74, 6) is -0.482. The van der Waals surface area contributed by atoms with Crippen molar-refractivity contribution in [3.05, 3.63) is 63.1 Å². The minimum Gasteiger partial charge on any atom is -0.482 e. The third kappa shape index (κ3) is 5.98. The standard InChI is InChI=1S/C17H15BrClN3O3S/c1-10-4-2-3-5-12(10)16(24)20-17(26)22-21-15(23)9-25-14-7-6-11(18)8-13(14)19/h2-8H,9H2,1H3,(H,21,23)(H2,20,22,24,26). The second-order valence-electron chi connectivity index (χ2n) is 5.13. The average molecular weight is 457 g/mol. The summed E-state index contributed by atoms with van der Waals surface area (Å²) in [4.78, 5) is 23.9. The van der Waals surface area contributed by atoms with Crippen LogP contribution in [0.15, 0.2) is 46.9 Å². The number of rotatable bonds is 4. The Morgan fingerprint density at radius 1 is 1.19 bits per heavy atom. The van der Waals surface area contributed by atoms with Crippen LogP contribution >= 0.6 is 39.7 Å². The molecule has 3 N–H and O–H groups in total. The van der Waals surface area contributed by atoms with E-state index in [1.54, 1.807) is 30.3 Å². The Bertz CT molecular complexity index is 848. The Balaban J connectivity index is 1.77. The van der Waals surface area contributed by atoms with Crippen LogP contribution in [0.3, 0.4) is 0 Å². The number of benzene rings is 2. The van der Waals surface area contributed by atoms with Gasteiger partial charge in [0.25, 0.3) is 11.8 Å². The zero-order valence-corrected chi connectivity index (χ0v) is 16.8. The summed E-state index contributed by atoms with van der Waals surface area (Å²) in [6.45, 7) is 1.54. The first-order chi connectivity index (χ1) is 12.4. The average Bonchev–Trinajstić information content (AvgIpc) is 2.59. The normalized spacial score (nSPS) is 9.96. The fourth-order valence-corrected chi connectivity index (χ4v) is 2.80. The smallest absolute Gasteiger partial charge is 0.276 e. The molecule has 9 heteroatoms. The summed E-state index contributed by atoms with van der Waals surface area (Å²) in [5.41, 5.74) is 6.09. The van der Waals surface area contributed by atoms with E-state index < -0.39 is 5.91 Å². The first-order valence-electron chi connectivity index (χ1n) is 7.40. The van der Waals surface area contributed by atoms with Crippen LogP contribution in [0.2, 0.25) is 5.02 Å². The van der Waals surface area contributed by atoms with E-state index in [0.29, 0.717) is 16.3 Å². The van der Waals surface area contributed by atoms with Crippen molar-refractivity contribution < 1.29 is 14.3 Å². The van der Waals surface area contributed by atoms with Crippen molar-refractivity contribution in [2.45, 2.75) is 6.92 Å². The molecule has 0 saturated heterocycles. The highest BCUT2D eigenvalue weighted by molar-refractivity contribution is 9.10. The molecule has 2 aromatic rings. The fraction of sp³-hybridized carbons (Fsp3) is 0.118. The predicted octanol–water partition coefficient (Wildman–Crippen LogP) is 3.13. The molecule has 0 aromatic heterocycles. The predicted molar refractivity (Wildman–Crippen MR) is 107 cm³/mol. The number of amides is 2. The van der Waals surface area contributed by atoms with Crippen molar-refractivity contribution in [1.29, 1.82) is 0 Å². The Labute approximate surface area is 169 Å². The third-order valence-electron chi connectivity index (χ3n) is 3.18. The largest absolute Gasteiger partial charge is 0.482 e. The number of nitrogens with one attached hydrogen (secondary N) is 3. The molecule has 0 atom stereocenters. The highest BCUT2D eigenvalue weighted by atomic mass is 79.9. The van der Waals surface area contributed by atoms with Crippen LogP contribution in [-0.4, -0.2) is 23.5 Å². The van der Waals surface area contributed by atoms with Crippen LogP contribution < -0.4 is 20.9 Å². The molecule has 0 fully saturated rings. The maximum absolute atomic E-state index is 12.1. The molecular formula is C17H15BrClN3O3S.